The molecule has 8 nitrogen and oxygen atoms in total. The lowest BCUT2D eigenvalue weighted by molar-refractivity contribution is -0.116. The number of ether oxygens (including phenoxy) is 1. The Bertz CT molecular complexity index is 1440. The first-order valence-corrected chi connectivity index (χ1v) is 12.8. The van der Waals surface area contributed by atoms with Crippen molar-refractivity contribution in [2.24, 2.45) is 0 Å². The SMILES string of the molecule is COc1ccccc1NC(=O)N(CC(=O)Nc1cc(C(C)(C)C)nn1-c1ccccc1C)Cc1ccccc1. The van der Waals surface area contributed by atoms with Crippen LogP contribution in [0.25, 0.3) is 5.69 Å². The van der Waals surface area contributed by atoms with Gasteiger partial charge in [-0.1, -0.05) is 81.4 Å². The van der Waals surface area contributed by atoms with Crippen molar-refractivity contribution in [3.05, 3.63) is 102 Å². The molecule has 202 valence electrons. The second-order valence-electron chi connectivity index (χ2n) is 10.4. The molecule has 0 aliphatic rings. The Morgan fingerprint density at radius 3 is 2.28 bits per heavy atom. The third-order valence-corrected chi connectivity index (χ3v) is 6.28. The highest BCUT2D eigenvalue weighted by molar-refractivity contribution is 5.97. The Morgan fingerprint density at radius 1 is 0.923 bits per heavy atom. The standard InChI is InChI=1S/C31H35N5O3/c1-22-13-9-11-17-25(22)36-28(19-27(34-36)31(2,3)4)33-29(37)21-35(20-23-14-7-6-8-15-23)30(38)32-24-16-10-12-18-26(24)39-5/h6-19H,20-21H2,1-5H3,(H,32,38)(H,33,37). The fraction of sp³-hybridized carbons (Fsp3) is 0.258. The van der Waals surface area contributed by atoms with Crippen molar-refractivity contribution < 1.29 is 14.3 Å². The quantitative estimate of drug-likeness (QED) is 0.288. The zero-order valence-electron chi connectivity index (χ0n) is 23.1. The van der Waals surface area contributed by atoms with E-state index >= 15 is 0 Å². The Balaban J connectivity index is 1.60. The molecule has 0 saturated heterocycles. The lowest BCUT2D eigenvalue weighted by Gasteiger charge is -2.23. The number of benzene rings is 3. The number of anilines is 2. The summed E-state index contributed by atoms with van der Waals surface area (Å²) >= 11 is 0. The molecule has 0 aliphatic heterocycles. The number of nitrogens with one attached hydrogen (secondary N) is 2. The van der Waals surface area contributed by atoms with Gasteiger partial charge in [-0.15, -0.1) is 0 Å². The second kappa shape index (κ2) is 11.9. The van der Waals surface area contributed by atoms with Crippen molar-refractivity contribution >= 4 is 23.4 Å². The molecule has 39 heavy (non-hydrogen) atoms. The summed E-state index contributed by atoms with van der Waals surface area (Å²) in [6.07, 6.45) is 0. The van der Waals surface area contributed by atoms with Gasteiger partial charge in [0.15, 0.2) is 0 Å². The van der Waals surface area contributed by atoms with Gasteiger partial charge in [0.25, 0.3) is 0 Å². The van der Waals surface area contributed by atoms with Gasteiger partial charge in [-0.05, 0) is 36.2 Å². The second-order valence-corrected chi connectivity index (χ2v) is 10.4. The molecule has 0 unspecified atom stereocenters. The van der Waals surface area contributed by atoms with Crippen LogP contribution in [-0.2, 0) is 16.8 Å². The first-order valence-electron chi connectivity index (χ1n) is 12.8. The Kier molecular flexibility index (Phi) is 8.34. The number of carbonyl (C=O) groups excluding carboxylic acids is 2. The Morgan fingerprint density at radius 2 is 1.59 bits per heavy atom. The number of carbonyl (C=O) groups is 2. The highest BCUT2D eigenvalue weighted by Gasteiger charge is 2.24. The number of hydrogen-bond acceptors (Lipinski definition) is 4. The number of hydrogen-bond donors (Lipinski definition) is 2. The summed E-state index contributed by atoms with van der Waals surface area (Å²) in [5.41, 5.74) is 3.95. The zero-order chi connectivity index (χ0) is 28.0. The van der Waals surface area contributed by atoms with E-state index in [-0.39, 0.29) is 24.4 Å². The van der Waals surface area contributed by atoms with Crippen LogP contribution >= 0.6 is 0 Å². The molecular formula is C31H35N5O3. The smallest absolute Gasteiger partial charge is 0.322 e. The van der Waals surface area contributed by atoms with E-state index in [0.29, 0.717) is 17.3 Å². The molecule has 0 bridgehead atoms. The van der Waals surface area contributed by atoms with Gasteiger partial charge < -0.3 is 20.3 Å². The van der Waals surface area contributed by atoms with E-state index in [0.717, 1.165) is 22.5 Å². The van der Waals surface area contributed by atoms with Gasteiger partial charge in [0, 0.05) is 18.0 Å². The lowest BCUT2D eigenvalue weighted by atomic mass is 9.92. The van der Waals surface area contributed by atoms with Crippen molar-refractivity contribution in [2.75, 3.05) is 24.3 Å². The van der Waals surface area contributed by atoms with E-state index < -0.39 is 6.03 Å². The van der Waals surface area contributed by atoms with Crippen LogP contribution < -0.4 is 15.4 Å². The van der Waals surface area contributed by atoms with Crippen molar-refractivity contribution in [2.45, 2.75) is 39.7 Å². The summed E-state index contributed by atoms with van der Waals surface area (Å²) in [7, 11) is 1.55. The molecule has 0 radical (unpaired) electrons. The first-order chi connectivity index (χ1) is 18.7. The average Bonchev–Trinajstić information content (AvgIpc) is 3.33. The van der Waals surface area contributed by atoms with Gasteiger partial charge in [0.05, 0.1) is 24.2 Å². The monoisotopic (exact) mass is 525 g/mol. The molecule has 4 rings (SSSR count). The highest BCUT2D eigenvalue weighted by Crippen LogP contribution is 2.28. The average molecular weight is 526 g/mol. The Labute approximate surface area is 229 Å². The minimum atomic E-state index is -0.415. The molecule has 1 aromatic heterocycles. The van der Waals surface area contributed by atoms with E-state index in [1.165, 1.54) is 4.90 Å². The van der Waals surface area contributed by atoms with E-state index in [9.17, 15) is 9.59 Å². The zero-order valence-corrected chi connectivity index (χ0v) is 23.1. The number of aryl methyl sites for hydroxylation is 1. The summed E-state index contributed by atoms with van der Waals surface area (Å²) < 4.78 is 7.13. The van der Waals surface area contributed by atoms with E-state index in [1.807, 2.05) is 79.7 Å². The van der Waals surface area contributed by atoms with Crippen LogP contribution in [-0.4, -0.2) is 40.3 Å². The van der Waals surface area contributed by atoms with Gasteiger partial charge in [-0.25, -0.2) is 9.48 Å². The van der Waals surface area contributed by atoms with E-state index in [1.54, 1.807) is 23.9 Å². The molecule has 4 aromatic rings. The third kappa shape index (κ3) is 6.84. The van der Waals surface area contributed by atoms with Crippen molar-refractivity contribution in [1.82, 2.24) is 14.7 Å². The number of methoxy groups -OCH3 is 1. The van der Waals surface area contributed by atoms with Crippen LogP contribution in [0.5, 0.6) is 5.75 Å². The minimum absolute atomic E-state index is 0.167. The predicted octanol–water partition coefficient (Wildman–Crippen LogP) is 6.16. The van der Waals surface area contributed by atoms with Gasteiger partial charge in [0.1, 0.15) is 18.1 Å². The van der Waals surface area contributed by atoms with Crippen LogP contribution in [0.2, 0.25) is 0 Å². The maximum atomic E-state index is 13.4. The summed E-state index contributed by atoms with van der Waals surface area (Å²) in [5.74, 6) is 0.743. The number of amides is 3. The number of rotatable bonds is 8. The first kappa shape index (κ1) is 27.4. The minimum Gasteiger partial charge on any atom is -0.495 e. The maximum Gasteiger partial charge on any atom is 0.322 e. The van der Waals surface area contributed by atoms with Crippen LogP contribution in [0.1, 0.15) is 37.6 Å². The number of para-hydroxylation sites is 3. The molecule has 0 fully saturated rings. The molecular weight excluding hydrogens is 490 g/mol. The largest absolute Gasteiger partial charge is 0.495 e. The molecule has 0 aliphatic carbocycles. The van der Waals surface area contributed by atoms with Crippen LogP contribution in [0.3, 0.4) is 0 Å². The summed E-state index contributed by atoms with van der Waals surface area (Å²) in [6, 6.07) is 26.1. The van der Waals surface area contributed by atoms with Gasteiger partial charge >= 0.3 is 6.03 Å². The van der Waals surface area contributed by atoms with E-state index in [2.05, 4.69) is 31.4 Å². The van der Waals surface area contributed by atoms with Crippen molar-refractivity contribution in [3.63, 3.8) is 0 Å². The third-order valence-electron chi connectivity index (χ3n) is 6.28. The molecule has 3 amide bonds. The molecule has 3 aromatic carbocycles. The van der Waals surface area contributed by atoms with Gasteiger partial charge in [0.2, 0.25) is 5.91 Å². The summed E-state index contributed by atoms with van der Waals surface area (Å²) in [5, 5.41) is 10.7. The van der Waals surface area contributed by atoms with Crippen LogP contribution in [0.15, 0.2) is 84.9 Å². The summed E-state index contributed by atoms with van der Waals surface area (Å²) in [6.45, 7) is 8.31. The fourth-order valence-electron chi connectivity index (χ4n) is 4.12. The summed E-state index contributed by atoms with van der Waals surface area (Å²) in [4.78, 5) is 28.3. The number of nitrogens with zero attached hydrogens (tertiary/aromatic N) is 3. The molecule has 1 heterocycles. The highest BCUT2D eigenvalue weighted by atomic mass is 16.5. The predicted molar refractivity (Wildman–Crippen MR) is 154 cm³/mol. The molecule has 2 N–H and O–H groups in total. The topological polar surface area (TPSA) is 88.5 Å². The fourth-order valence-corrected chi connectivity index (χ4v) is 4.12. The number of aromatic nitrogens is 2. The van der Waals surface area contributed by atoms with Gasteiger partial charge in [-0.3, -0.25) is 4.79 Å². The van der Waals surface area contributed by atoms with Crippen molar-refractivity contribution in [1.29, 1.82) is 0 Å². The molecule has 0 atom stereocenters. The normalized spacial score (nSPS) is 11.1. The molecule has 0 saturated carbocycles. The maximum absolute atomic E-state index is 13.4. The van der Waals surface area contributed by atoms with E-state index in [4.69, 9.17) is 9.84 Å². The van der Waals surface area contributed by atoms with Crippen LogP contribution in [0.4, 0.5) is 16.3 Å². The number of urea groups is 1. The van der Waals surface area contributed by atoms with Crippen molar-refractivity contribution in [3.8, 4) is 11.4 Å². The van der Waals surface area contributed by atoms with Gasteiger partial charge in [-0.2, -0.15) is 5.10 Å². The molecule has 0 spiro atoms. The molecule has 8 heteroatoms. The Hall–Kier alpha value is -4.59. The van der Waals surface area contributed by atoms with Crippen LogP contribution in [0, 0.1) is 6.92 Å². The lowest BCUT2D eigenvalue weighted by Crippen LogP contribution is -2.40.